The molecule has 15 heavy (non-hydrogen) atoms. The number of hydrogen-bond donors (Lipinski definition) is 1. The van der Waals surface area contributed by atoms with Crippen LogP contribution in [-0.4, -0.2) is 5.11 Å². The van der Waals surface area contributed by atoms with Gasteiger partial charge in [0, 0.05) is 0 Å². The van der Waals surface area contributed by atoms with Crippen LogP contribution in [0.15, 0.2) is 18.2 Å². The molecular weight excluding hydrogens is 184 g/mol. The van der Waals surface area contributed by atoms with Crippen LogP contribution in [0.1, 0.15) is 49.3 Å². The first-order valence-electron chi connectivity index (χ1n) is 5.98. The molecular formula is C14H20O. The number of aryl methyl sites for hydroxylation is 2. The van der Waals surface area contributed by atoms with Crippen LogP contribution in [0.2, 0.25) is 0 Å². The standard InChI is InChI=1S/C14H20O/c1-3-8-14(15)9-4-5-12-7-6-11(2)10-13(12)14/h6-7,10,15H,3-5,8-9H2,1-2H3. The van der Waals surface area contributed by atoms with Crippen molar-refractivity contribution in [3.05, 3.63) is 34.9 Å². The van der Waals surface area contributed by atoms with Crippen molar-refractivity contribution in [2.45, 2.75) is 51.6 Å². The first-order chi connectivity index (χ1) is 7.15. The monoisotopic (exact) mass is 204 g/mol. The Kier molecular flexibility index (Phi) is 2.83. The number of rotatable bonds is 2. The fraction of sp³-hybridized carbons (Fsp3) is 0.571. The van der Waals surface area contributed by atoms with Crippen LogP contribution >= 0.6 is 0 Å². The maximum atomic E-state index is 10.6. The topological polar surface area (TPSA) is 20.2 Å². The van der Waals surface area contributed by atoms with E-state index in [2.05, 4.69) is 32.0 Å². The molecule has 1 aromatic rings. The molecule has 82 valence electrons. The minimum absolute atomic E-state index is 0.547. The molecule has 2 rings (SSSR count). The summed E-state index contributed by atoms with van der Waals surface area (Å²) in [6, 6.07) is 6.51. The van der Waals surface area contributed by atoms with E-state index in [1.165, 1.54) is 16.7 Å². The Bertz CT molecular complexity index is 356. The Hall–Kier alpha value is -0.820. The first-order valence-corrected chi connectivity index (χ1v) is 5.98. The van der Waals surface area contributed by atoms with Crippen molar-refractivity contribution >= 4 is 0 Å². The second-order valence-electron chi connectivity index (χ2n) is 4.80. The number of benzene rings is 1. The summed E-state index contributed by atoms with van der Waals surface area (Å²) in [6.07, 6.45) is 5.11. The summed E-state index contributed by atoms with van der Waals surface area (Å²) in [4.78, 5) is 0. The molecule has 0 aromatic heterocycles. The summed E-state index contributed by atoms with van der Waals surface area (Å²) in [5.41, 5.74) is 3.25. The molecule has 0 saturated carbocycles. The van der Waals surface area contributed by atoms with Gasteiger partial charge >= 0.3 is 0 Å². The normalized spacial score (nSPS) is 25.0. The average Bonchev–Trinajstić information content (AvgIpc) is 2.20. The van der Waals surface area contributed by atoms with Crippen molar-refractivity contribution in [1.82, 2.24) is 0 Å². The molecule has 0 bridgehead atoms. The third kappa shape index (κ3) is 1.93. The van der Waals surface area contributed by atoms with Crippen molar-refractivity contribution in [2.24, 2.45) is 0 Å². The number of hydrogen-bond acceptors (Lipinski definition) is 1. The van der Waals surface area contributed by atoms with Gasteiger partial charge in [-0.25, -0.2) is 0 Å². The second kappa shape index (κ2) is 3.97. The van der Waals surface area contributed by atoms with Crippen LogP contribution in [-0.2, 0) is 12.0 Å². The lowest BCUT2D eigenvalue weighted by molar-refractivity contribution is 0.00931. The Balaban J connectivity index is 2.44. The molecule has 1 heteroatoms. The summed E-state index contributed by atoms with van der Waals surface area (Å²) >= 11 is 0. The van der Waals surface area contributed by atoms with Gasteiger partial charge in [0.1, 0.15) is 0 Å². The van der Waals surface area contributed by atoms with Gasteiger partial charge in [0.15, 0.2) is 0 Å². The van der Waals surface area contributed by atoms with Crippen molar-refractivity contribution < 1.29 is 5.11 Å². The average molecular weight is 204 g/mol. The van der Waals surface area contributed by atoms with E-state index < -0.39 is 5.60 Å². The summed E-state index contributed by atoms with van der Waals surface area (Å²) < 4.78 is 0. The van der Waals surface area contributed by atoms with E-state index in [0.29, 0.717) is 0 Å². The van der Waals surface area contributed by atoms with Gasteiger partial charge in [0.25, 0.3) is 0 Å². The van der Waals surface area contributed by atoms with E-state index in [1.54, 1.807) is 0 Å². The summed E-state index contributed by atoms with van der Waals surface area (Å²) in [5.74, 6) is 0. The highest BCUT2D eigenvalue weighted by atomic mass is 16.3. The van der Waals surface area contributed by atoms with Crippen LogP contribution < -0.4 is 0 Å². The molecule has 1 unspecified atom stereocenters. The summed E-state index contributed by atoms with van der Waals surface area (Å²) in [7, 11) is 0. The number of fused-ring (bicyclic) bond motifs is 1. The third-order valence-electron chi connectivity index (χ3n) is 3.47. The molecule has 0 fully saturated rings. The zero-order chi connectivity index (χ0) is 10.9. The molecule has 1 aromatic carbocycles. The number of aliphatic hydroxyl groups is 1. The van der Waals surface area contributed by atoms with E-state index >= 15 is 0 Å². The molecule has 0 radical (unpaired) electrons. The summed E-state index contributed by atoms with van der Waals surface area (Å²) in [6.45, 7) is 4.24. The van der Waals surface area contributed by atoms with E-state index in [-0.39, 0.29) is 0 Å². The van der Waals surface area contributed by atoms with Gasteiger partial charge in [-0.15, -0.1) is 0 Å². The lowest BCUT2D eigenvalue weighted by Gasteiger charge is -2.34. The second-order valence-corrected chi connectivity index (χ2v) is 4.80. The SMILES string of the molecule is CCCC1(O)CCCc2ccc(C)cc21. The van der Waals surface area contributed by atoms with Crippen LogP contribution in [0.5, 0.6) is 0 Å². The highest BCUT2D eigenvalue weighted by molar-refractivity contribution is 5.37. The largest absolute Gasteiger partial charge is 0.385 e. The van der Waals surface area contributed by atoms with Crippen LogP contribution in [0.4, 0.5) is 0 Å². The lowest BCUT2D eigenvalue weighted by Crippen LogP contribution is -2.30. The van der Waals surface area contributed by atoms with Crippen molar-refractivity contribution in [3.8, 4) is 0 Å². The highest BCUT2D eigenvalue weighted by Crippen LogP contribution is 2.38. The Labute approximate surface area is 92.1 Å². The van der Waals surface area contributed by atoms with E-state index in [9.17, 15) is 5.11 Å². The minimum atomic E-state index is -0.547. The van der Waals surface area contributed by atoms with E-state index in [0.717, 1.165) is 32.1 Å². The van der Waals surface area contributed by atoms with Crippen LogP contribution in [0.25, 0.3) is 0 Å². The molecule has 1 aliphatic rings. The molecule has 0 aliphatic heterocycles. The molecule has 0 spiro atoms. The summed E-state index contributed by atoms with van der Waals surface area (Å²) in [5, 5.41) is 10.6. The van der Waals surface area contributed by atoms with Gasteiger partial charge in [-0.2, -0.15) is 0 Å². The van der Waals surface area contributed by atoms with E-state index in [4.69, 9.17) is 0 Å². The van der Waals surface area contributed by atoms with Gasteiger partial charge < -0.3 is 5.11 Å². The predicted molar refractivity (Wildman–Crippen MR) is 62.9 cm³/mol. The zero-order valence-corrected chi connectivity index (χ0v) is 9.71. The lowest BCUT2D eigenvalue weighted by atomic mass is 9.76. The zero-order valence-electron chi connectivity index (χ0n) is 9.71. The molecule has 1 nitrogen and oxygen atoms in total. The van der Waals surface area contributed by atoms with Crippen molar-refractivity contribution in [1.29, 1.82) is 0 Å². The van der Waals surface area contributed by atoms with Gasteiger partial charge in [0.05, 0.1) is 5.60 Å². The van der Waals surface area contributed by atoms with Gasteiger partial charge in [0.2, 0.25) is 0 Å². The van der Waals surface area contributed by atoms with E-state index in [1.807, 2.05) is 0 Å². The molecule has 1 N–H and O–H groups in total. The molecule has 0 saturated heterocycles. The smallest absolute Gasteiger partial charge is 0.0899 e. The maximum absolute atomic E-state index is 10.6. The molecule has 0 amide bonds. The first kappa shape index (κ1) is 10.7. The minimum Gasteiger partial charge on any atom is -0.385 e. The van der Waals surface area contributed by atoms with Gasteiger partial charge in [-0.1, -0.05) is 37.1 Å². The quantitative estimate of drug-likeness (QED) is 0.783. The maximum Gasteiger partial charge on any atom is 0.0899 e. The highest BCUT2D eigenvalue weighted by Gasteiger charge is 2.33. The molecule has 1 atom stereocenters. The fourth-order valence-electron chi connectivity index (χ4n) is 2.72. The van der Waals surface area contributed by atoms with Crippen LogP contribution in [0.3, 0.4) is 0 Å². The Morgan fingerprint density at radius 3 is 2.93 bits per heavy atom. The Morgan fingerprint density at radius 1 is 1.40 bits per heavy atom. The fourth-order valence-corrected chi connectivity index (χ4v) is 2.72. The van der Waals surface area contributed by atoms with Crippen molar-refractivity contribution in [3.63, 3.8) is 0 Å². The predicted octanol–water partition coefficient (Wildman–Crippen LogP) is 3.32. The Morgan fingerprint density at radius 2 is 2.20 bits per heavy atom. The van der Waals surface area contributed by atoms with Crippen LogP contribution in [0, 0.1) is 6.92 Å². The van der Waals surface area contributed by atoms with Gasteiger partial charge in [-0.05, 0) is 43.7 Å². The van der Waals surface area contributed by atoms with Crippen molar-refractivity contribution in [2.75, 3.05) is 0 Å². The molecule has 0 heterocycles. The molecule has 1 aliphatic carbocycles. The third-order valence-corrected chi connectivity index (χ3v) is 3.47. The van der Waals surface area contributed by atoms with Gasteiger partial charge in [-0.3, -0.25) is 0 Å².